The van der Waals surface area contributed by atoms with Crippen molar-refractivity contribution in [2.24, 2.45) is 0 Å². The number of alkyl halides is 2. The topological polar surface area (TPSA) is 291 Å². The molecule has 3 saturated heterocycles. The number of hydrogen-bond acceptors (Lipinski definition) is 23. The fourth-order valence-electron chi connectivity index (χ4n) is 10.5. The van der Waals surface area contributed by atoms with E-state index in [0.29, 0.717) is 58.1 Å². The summed E-state index contributed by atoms with van der Waals surface area (Å²) in [6, 6.07) is 24.9. The Morgan fingerprint density at radius 3 is 2.15 bits per heavy atom. The zero-order chi connectivity index (χ0) is 58.1. The lowest BCUT2D eigenvalue weighted by atomic mass is 9.96. The van der Waals surface area contributed by atoms with Crippen LogP contribution in [0.25, 0.3) is 33.7 Å². The SMILES string of the molecule is [B][P@@]1(=O)OC[C@H]2O[C@@H](n3cnc4c(N)ccnc43)[C@H](F)[C@@H]2O[P@](=O)(SCc2ccc(COCCOCCOCCN3NNC4=C3c3ccccc3N(C(=O)CC)Cc3ccccc34)cc2)OC[C@H]2O[C@@H](n3cnc4c(N)ncnc43)[C@H](F)[C@@H]2O1. The number of carbonyl (C=O) groups excluding carboxylic acids is 1. The Labute approximate surface area is 485 Å². The van der Waals surface area contributed by atoms with Gasteiger partial charge in [-0.05, 0) is 40.2 Å². The number of nitrogens with two attached hydrogens (primary N) is 2. The molecule has 440 valence electrons. The number of nitrogens with zero attached hydrogens (tertiary/aromatic N) is 9. The molecule has 0 aliphatic carbocycles. The van der Waals surface area contributed by atoms with Crippen LogP contribution in [-0.2, 0) is 74.6 Å². The van der Waals surface area contributed by atoms with Crippen molar-refractivity contribution in [2.45, 2.75) is 81.5 Å². The number of hydrazine groups is 2. The Bertz CT molecular complexity index is 3670. The average Bonchev–Trinajstić information content (AvgIpc) is 2.24. The number of ether oxygens (including phenoxy) is 5. The lowest BCUT2D eigenvalue weighted by molar-refractivity contribution is -0.118. The molecule has 10 atom stereocenters. The van der Waals surface area contributed by atoms with Gasteiger partial charge in [-0.15, -0.1) is 5.53 Å². The number of hydrogen-bond donors (Lipinski definition) is 4. The Hall–Kier alpha value is -6.43. The number of benzene rings is 3. The van der Waals surface area contributed by atoms with Crippen molar-refractivity contribution in [2.75, 3.05) is 69.2 Å². The lowest BCUT2D eigenvalue weighted by Gasteiger charge is -2.30. The van der Waals surface area contributed by atoms with E-state index in [-0.39, 0.29) is 52.1 Å². The molecule has 0 spiro atoms. The van der Waals surface area contributed by atoms with Crippen molar-refractivity contribution in [1.82, 2.24) is 50.0 Å². The molecule has 5 aliphatic rings. The predicted molar refractivity (Wildman–Crippen MR) is 305 cm³/mol. The highest BCUT2D eigenvalue weighted by molar-refractivity contribution is 8.54. The van der Waals surface area contributed by atoms with E-state index in [4.69, 9.17) is 60.8 Å². The largest absolute Gasteiger partial charge is 0.397 e. The van der Waals surface area contributed by atoms with E-state index in [1.807, 2.05) is 77.5 Å². The van der Waals surface area contributed by atoms with Crippen molar-refractivity contribution >= 4 is 90.0 Å². The van der Waals surface area contributed by atoms with Gasteiger partial charge in [0.25, 0.3) is 7.47 Å². The molecule has 0 bridgehead atoms. The van der Waals surface area contributed by atoms with Crippen LogP contribution in [0.4, 0.5) is 26.0 Å². The second kappa shape index (κ2) is 24.9. The molecule has 2 radical (unpaired) electrons. The van der Waals surface area contributed by atoms with Gasteiger partial charge in [-0.1, -0.05) is 73.7 Å². The summed E-state index contributed by atoms with van der Waals surface area (Å²) < 4.78 is 119. The number of rotatable bonds is 17. The number of nitrogen functional groups attached to an aromatic ring is 2. The van der Waals surface area contributed by atoms with E-state index < -0.39 is 76.7 Å². The summed E-state index contributed by atoms with van der Waals surface area (Å²) in [6.45, 7) is -1.05. The summed E-state index contributed by atoms with van der Waals surface area (Å²) in [5.41, 5.74) is 27.0. The summed E-state index contributed by atoms with van der Waals surface area (Å²) in [4.78, 5) is 36.0. The number of amides is 1. The molecule has 25 nitrogen and oxygen atoms in total. The summed E-state index contributed by atoms with van der Waals surface area (Å²) in [5, 5.41) is 2.00. The van der Waals surface area contributed by atoms with Gasteiger partial charge in [-0.2, -0.15) is 0 Å². The first-order valence-electron chi connectivity index (χ1n) is 27.0. The fourth-order valence-corrected chi connectivity index (χ4v) is 14.9. The Morgan fingerprint density at radius 2 is 1.40 bits per heavy atom. The van der Waals surface area contributed by atoms with Crippen molar-refractivity contribution in [3.63, 3.8) is 0 Å². The number of nitrogens with one attached hydrogen (secondary N) is 2. The van der Waals surface area contributed by atoms with E-state index in [9.17, 15) is 9.36 Å². The van der Waals surface area contributed by atoms with Crippen molar-refractivity contribution in [1.29, 1.82) is 0 Å². The minimum absolute atomic E-state index is 0.0309. The number of aromatic nitrogens is 7. The van der Waals surface area contributed by atoms with Crippen LogP contribution >= 0.6 is 25.7 Å². The van der Waals surface area contributed by atoms with Gasteiger partial charge in [-0.25, -0.2) is 38.3 Å². The second-order valence-electron chi connectivity index (χ2n) is 20.0. The molecule has 6 N–H and O–H groups in total. The second-order valence-corrected chi connectivity index (χ2v) is 25.6. The maximum absolute atomic E-state index is 17.0. The predicted octanol–water partition coefficient (Wildman–Crippen LogP) is 6.70. The number of carbonyl (C=O) groups is 1. The average molecular weight is 1210 g/mol. The molecule has 3 aromatic carbocycles. The van der Waals surface area contributed by atoms with Crippen molar-refractivity contribution < 1.29 is 64.5 Å². The van der Waals surface area contributed by atoms with E-state index in [1.165, 1.54) is 40.4 Å². The minimum Gasteiger partial charge on any atom is -0.397 e. The van der Waals surface area contributed by atoms with Crippen molar-refractivity contribution in [3.05, 3.63) is 132 Å². The maximum atomic E-state index is 17.0. The molecule has 0 saturated carbocycles. The smallest absolute Gasteiger partial charge is 0.389 e. The Kier molecular flexibility index (Phi) is 17.2. The number of pyridine rings is 1. The molecule has 3 fully saturated rings. The number of anilines is 3. The van der Waals surface area contributed by atoms with Crippen LogP contribution in [-0.4, -0.2) is 142 Å². The lowest BCUT2D eigenvalue weighted by Crippen LogP contribution is -2.39. The van der Waals surface area contributed by atoms with Crippen LogP contribution in [0.5, 0.6) is 0 Å². The molecular weight excluding hydrogens is 1150 g/mol. The zero-order valence-electron chi connectivity index (χ0n) is 45.1. The number of halogens is 2. The molecule has 1 amide bonds. The molecule has 5 aliphatic heterocycles. The number of fused-ring (bicyclic) bond motifs is 8. The van der Waals surface area contributed by atoms with Gasteiger partial charge in [0.1, 0.15) is 41.8 Å². The van der Waals surface area contributed by atoms with Crippen LogP contribution < -0.4 is 27.3 Å². The number of para-hydroxylation sites is 1. The highest BCUT2D eigenvalue weighted by atomic mass is 32.7. The standard InChI is InChI=1S/C53H58BF2N13O12P2S/c1-2-40(70)66-23-33-7-3-4-8-34(33)43-46(35-9-5-6-10-37(35)66)69(65-64-43)17-18-73-19-20-74-21-22-75-24-31-11-13-32(14-12-31)27-84-83(72)77-26-39-47(41(55)52(79-39)68-30-63-45-49(58)60-28-61-51(45)68)80-82(54,71)76-25-38-48(81-83)42(56)53(78-38)67-29-62-44-36(57)15-16-59-50(44)67/h3-16,28-30,38-39,41-42,47-48,52-53,64-65H,2,17-27H2,1H3,(H2,57,59)(H2,58,60,61)/t38-,39-,41-,42-,47-,48-,52-,53-,82-,83-/m1/s1. The Balaban J connectivity index is 0.653. The van der Waals surface area contributed by atoms with E-state index >= 15 is 13.3 Å². The molecule has 4 aromatic heterocycles. The van der Waals surface area contributed by atoms with Crippen LogP contribution in [0, 0.1) is 0 Å². The first-order valence-corrected chi connectivity index (χ1v) is 31.7. The zero-order valence-corrected chi connectivity index (χ0v) is 47.7. The van der Waals surface area contributed by atoms with E-state index in [2.05, 4.69) is 48.0 Å². The van der Waals surface area contributed by atoms with Crippen LogP contribution in [0.2, 0.25) is 0 Å². The third-order valence-corrected chi connectivity index (χ3v) is 19.4. The third kappa shape index (κ3) is 11.9. The normalized spacial score (nSPS) is 27.0. The monoisotopic (exact) mass is 1210 g/mol. The first-order chi connectivity index (χ1) is 40.8. The summed E-state index contributed by atoms with van der Waals surface area (Å²) >= 11 is 0.748. The Morgan fingerprint density at radius 1 is 0.762 bits per heavy atom. The van der Waals surface area contributed by atoms with Gasteiger partial charge in [0.2, 0.25) is 13.5 Å². The molecule has 9 heterocycles. The quantitative estimate of drug-likeness (QED) is 0.0419. The van der Waals surface area contributed by atoms with E-state index in [1.54, 1.807) is 0 Å². The third-order valence-electron chi connectivity index (χ3n) is 14.7. The highest BCUT2D eigenvalue weighted by Crippen LogP contribution is 2.65. The maximum Gasteiger partial charge on any atom is 0.389 e. The molecule has 31 heteroatoms. The van der Waals surface area contributed by atoms with Crippen molar-refractivity contribution in [3.8, 4) is 0 Å². The van der Waals surface area contributed by atoms with Crippen LogP contribution in [0.3, 0.4) is 0 Å². The first kappa shape index (κ1) is 58.0. The van der Waals surface area contributed by atoms with Gasteiger partial charge < -0.3 is 54.5 Å². The van der Waals surface area contributed by atoms with Gasteiger partial charge in [0.05, 0.1) is 101 Å². The highest BCUT2D eigenvalue weighted by Gasteiger charge is 2.55. The van der Waals surface area contributed by atoms with Gasteiger partial charge in [0, 0.05) is 29.5 Å². The fraction of sp³-hybridized carbons (Fsp3) is 0.396. The summed E-state index contributed by atoms with van der Waals surface area (Å²) in [7, 11) is 1.38. The van der Waals surface area contributed by atoms with Gasteiger partial charge in [-0.3, -0.25) is 32.6 Å². The van der Waals surface area contributed by atoms with E-state index in [0.717, 1.165) is 50.7 Å². The molecule has 12 rings (SSSR count). The summed E-state index contributed by atoms with van der Waals surface area (Å²) in [5.74, 6) is 0.106. The molecule has 7 aromatic rings. The summed E-state index contributed by atoms with van der Waals surface area (Å²) in [6.07, 6.45) is -7.99. The molecular formula is C53H58BF2N13O12P2S. The molecule has 0 unspecified atom stereocenters. The minimum atomic E-state index is -4.69. The van der Waals surface area contributed by atoms with Gasteiger partial charge >= 0.3 is 6.80 Å². The van der Waals surface area contributed by atoms with Crippen LogP contribution in [0.1, 0.15) is 53.6 Å². The van der Waals surface area contributed by atoms with Gasteiger partial charge in [0.15, 0.2) is 41.9 Å². The molecule has 84 heavy (non-hydrogen) atoms. The number of imidazole rings is 2. The van der Waals surface area contributed by atoms with Crippen LogP contribution in [0.15, 0.2) is 104 Å².